The number of anilines is 2. The third-order valence-electron chi connectivity index (χ3n) is 3.17. The molecule has 0 saturated carbocycles. The van der Waals surface area contributed by atoms with Gasteiger partial charge in [0.05, 0.1) is 4.92 Å². The van der Waals surface area contributed by atoms with Crippen LogP contribution >= 0.6 is 0 Å². The molecule has 1 aromatic heterocycles. The summed E-state index contributed by atoms with van der Waals surface area (Å²) in [6.07, 6.45) is 6.90. The van der Waals surface area contributed by atoms with Crippen LogP contribution in [0.25, 0.3) is 0 Å². The zero-order chi connectivity index (χ0) is 13.0. The average Bonchev–Trinajstić information content (AvgIpc) is 2.27. The van der Waals surface area contributed by atoms with Crippen LogP contribution in [0.15, 0.2) is 6.33 Å². The van der Waals surface area contributed by atoms with Gasteiger partial charge in [-0.05, 0) is 12.8 Å². The molecule has 2 N–H and O–H groups in total. The van der Waals surface area contributed by atoms with Crippen molar-refractivity contribution in [2.45, 2.75) is 32.1 Å². The van der Waals surface area contributed by atoms with Crippen molar-refractivity contribution in [2.24, 2.45) is 0 Å². The predicted octanol–water partition coefficient (Wildman–Crippen LogP) is 1.74. The molecule has 1 saturated heterocycles. The smallest absolute Gasteiger partial charge is 0.353 e. The number of hydrogen-bond acceptors (Lipinski definition) is 6. The van der Waals surface area contributed by atoms with Crippen LogP contribution in [-0.2, 0) is 0 Å². The van der Waals surface area contributed by atoms with Crippen molar-refractivity contribution in [3.63, 3.8) is 0 Å². The van der Waals surface area contributed by atoms with Gasteiger partial charge in [0, 0.05) is 13.1 Å². The minimum atomic E-state index is -0.497. The topological polar surface area (TPSA) is 98.2 Å². The fourth-order valence-electron chi connectivity index (χ4n) is 2.25. The van der Waals surface area contributed by atoms with Crippen molar-refractivity contribution in [1.29, 1.82) is 0 Å². The number of nitrogens with two attached hydrogens (primary N) is 1. The standard InChI is InChI=1S/C11H17N5O2/c12-10-9(16(17)18)11(14-8-13-10)15-6-4-2-1-3-5-7-15/h8H,1-7H2,(H2,12,13,14). The van der Waals surface area contributed by atoms with E-state index in [0.29, 0.717) is 5.82 Å². The highest BCUT2D eigenvalue weighted by Crippen LogP contribution is 2.30. The minimum absolute atomic E-state index is 0.0629. The lowest BCUT2D eigenvalue weighted by Gasteiger charge is -2.25. The van der Waals surface area contributed by atoms with Crippen molar-refractivity contribution >= 4 is 17.3 Å². The molecule has 0 bridgehead atoms. The predicted molar refractivity (Wildman–Crippen MR) is 68.4 cm³/mol. The summed E-state index contributed by atoms with van der Waals surface area (Å²) in [6.45, 7) is 1.58. The van der Waals surface area contributed by atoms with Crippen molar-refractivity contribution in [3.05, 3.63) is 16.4 Å². The minimum Gasteiger partial charge on any atom is -0.378 e. The lowest BCUT2D eigenvalue weighted by Crippen LogP contribution is -2.29. The van der Waals surface area contributed by atoms with Gasteiger partial charge in [0.25, 0.3) is 0 Å². The summed E-state index contributed by atoms with van der Waals surface area (Å²) in [7, 11) is 0. The highest BCUT2D eigenvalue weighted by molar-refractivity contribution is 5.68. The molecular formula is C11H17N5O2. The molecule has 1 aliphatic heterocycles. The zero-order valence-electron chi connectivity index (χ0n) is 10.2. The molecule has 1 aromatic rings. The van der Waals surface area contributed by atoms with E-state index in [2.05, 4.69) is 9.97 Å². The molecule has 7 nitrogen and oxygen atoms in total. The van der Waals surface area contributed by atoms with E-state index in [1.807, 2.05) is 4.90 Å². The average molecular weight is 251 g/mol. The largest absolute Gasteiger partial charge is 0.378 e. The van der Waals surface area contributed by atoms with Crippen LogP contribution in [0.2, 0.25) is 0 Å². The van der Waals surface area contributed by atoms with Crippen LogP contribution in [0.5, 0.6) is 0 Å². The third-order valence-corrected chi connectivity index (χ3v) is 3.17. The van der Waals surface area contributed by atoms with Gasteiger partial charge in [0.2, 0.25) is 11.6 Å². The molecule has 2 heterocycles. The van der Waals surface area contributed by atoms with Crippen LogP contribution in [0, 0.1) is 10.1 Å². The maximum absolute atomic E-state index is 11.1. The Kier molecular flexibility index (Phi) is 3.91. The Hall–Kier alpha value is -1.92. The molecule has 1 fully saturated rings. The quantitative estimate of drug-likeness (QED) is 0.635. The Morgan fingerprint density at radius 2 is 1.78 bits per heavy atom. The number of aromatic nitrogens is 2. The molecule has 18 heavy (non-hydrogen) atoms. The van der Waals surface area contributed by atoms with Gasteiger partial charge in [0.1, 0.15) is 6.33 Å². The fraction of sp³-hybridized carbons (Fsp3) is 0.636. The van der Waals surface area contributed by atoms with Crippen molar-refractivity contribution in [1.82, 2.24) is 9.97 Å². The SMILES string of the molecule is Nc1ncnc(N2CCCCCCC2)c1[N+](=O)[O-]. The van der Waals surface area contributed by atoms with Gasteiger partial charge in [0.15, 0.2) is 0 Å². The van der Waals surface area contributed by atoms with Gasteiger partial charge in [-0.15, -0.1) is 0 Å². The van der Waals surface area contributed by atoms with Crippen LogP contribution in [-0.4, -0.2) is 28.0 Å². The van der Waals surface area contributed by atoms with Crippen molar-refractivity contribution in [2.75, 3.05) is 23.7 Å². The molecule has 0 atom stereocenters. The zero-order valence-corrected chi connectivity index (χ0v) is 10.2. The normalized spacial score (nSPS) is 17.0. The fourth-order valence-corrected chi connectivity index (χ4v) is 2.25. The van der Waals surface area contributed by atoms with E-state index < -0.39 is 4.92 Å². The first kappa shape index (κ1) is 12.5. The summed E-state index contributed by atoms with van der Waals surface area (Å²) in [5.41, 5.74) is 5.41. The number of nitrogen functional groups attached to an aromatic ring is 1. The third kappa shape index (κ3) is 2.66. The Morgan fingerprint density at radius 3 is 2.39 bits per heavy atom. The molecule has 98 valence electrons. The summed E-state index contributed by atoms with van der Waals surface area (Å²) in [6, 6.07) is 0. The van der Waals surface area contributed by atoms with E-state index >= 15 is 0 Å². The maximum Gasteiger partial charge on any atom is 0.353 e. The molecular weight excluding hydrogens is 234 g/mol. The first-order valence-electron chi connectivity index (χ1n) is 6.20. The second-order valence-electron chi connectivity index (χ2n) is 4.44. The Bertz CT molecular complexity index is 429. The second-order valence-corrected chi connectivity index (χ2v) is 4.44. The van der Waals surface area contributed by atoms with Crippen LogP contribution in [0.3, 0.4) is 0 Å². The lowest BCUT2D eigenvalue weighted by atomic mass is 10.1. The molecule has 7 heteroatoms. The molecule has 0 amide bonds. The number of nitrogens with zero attached hydrogens (tertiary/aromatic N) is 4. The van der Waals surface area contributed by atoms with Crippen LogP contribution in [0.4, 0.5) is 17.3 Å². The lowest BCUT2D eigenvalue weighted by molar-refractivity contribution is -0.383. The van der Waals surface area contributed by atoms with Gasteiger partial charge in [-0.3, -0.25) is 10.1 Å². The number of nitro groups is 1. The highest BCUT2D eigenvalue weighted by atomic mass is 16.6. The number of hydrogen-bond donors (Lipinski definition) is 1. The van der Waals surface area contributed by atoms with Crippen molar-refractivity contribution in [3.8, 4) is 0 Å². The molecule has 0 spiro atoms. The Balaban J connectivity index is 2.30. The van der Waals surface area contributed by atoms with Crippen molar-refractivity contribution < 1.29 is 4.92 Å². The first-order chi connectivity index (χ1) is 8.70. The van der Waals surface area contributed by atoms with E-state index in [-0.39, 0.29) is 11.5 Å². The maximum atomic E-state index is 11.1. The molecule has 2 rings (SSSR count). The van der Waals surface area contributed by atoms with Gasteiger partial charge >= 0.3 is 5.69 Å². The van der Waals surface area contributed by atoms with Gasteiger partial charge in [-0.25, -0.2) is 9.97 Å². The van der Waals surface area contributed by atoms with E-state index in [1.165, 1.54) is 12.7 Å². The van der Waals surface area contributed by atoms with Gasteiger partial charge < -0.3 is 10.6 Å². The first-order valence-corrected chi connectivity index (χ1v) is 6.20. The summed E-state index contributed by atoms with van der Waals surface area (Å²) < 4.78 is 0. The Morgan fingerprint density at radius 1 is 1.17 bits per heavy atom. The van der Waals surface area contributed by atoms with E-state index in [9.17, 15) is 10.1 Å². The summed E-state index contributed by atoms with van der Waals surface area (Å²) in [5.74, 6) is 0.293. The summed E-state index contributed by atoms with van der Waals surface area (Å²) in [4.78, 5) is 20.3. The second kappa shape index (κ2) is 5.61. The molecule has 0 radical (unpaired) electrons. The van der Waals surface area contributed by atoms with Crippen LogP contribution < -0.4 is 10.6 Å². The van der Waals surface area contributed by atoms with E-state index in [4.69, 9.17) is 5.73 Å². The van der Waals surface area contributed by atoms with Gasteiger partial charge in [-0.2, -0.15) is 0 Å². The summed E-state index contributed by atoms with van der Waals surface area (Å²) >= 11 is 0. The number of rotatable bonds is 2. The monoisotopic (exact) mass is 251 g/mol. The molecule has 0 aromatic carbocycles. The highest BCUT2D eigenvalue weighted by Gasteiger charge is 2.25. The van der Waals surface area contributed by atoms with E-state index in [1.54, 1.807) is 0 Å². The molecule has 0 aliphatic carbocycles. The van der Waals surface area contributed by atoms with E-state index in [0.717, 1.165) is 38.8 Å². The molecule has 1 aliphatic rings. The van der Waals surface area contributed by atoms with Crippen LogP contribution in [0.1, 0.15) is 32.1 Å². The van der Waals surface area contributed by atoms with Gasteiger partial charge in [-0.1, -0.05) is 19.3 Å². The Labute approximate surface area is 105 Å². The molecule has 0 unspecified atom stereocenters. The summed E-state index contributed by atoms with van der Waals surface area (Å²) in [5, 5.41) is 11.1.